The van der Waals surface area contributed by atoms with Gasteiger partial charge >= 0.3 is 0 Å². The van der Waals surface area contributed by atoms with Gasteiger partial charge in [-0.25, -0.2) is 0 Å². The molecule has 1 saturated heterocycles. The number of halogens is 2. The first-order valence-corrected chi connectivity index (χ1v) is 7.83. The van der Waals surface area contributed by atoms with Gasteiger partial charge in [-0.1, -0.05) is 23.7 Å². The van der Waals surface area contributed by atoms with E-state index in [1.807, 2.05) is 12.1 Å². The largest absolute Gasteiger partial charge is 0.450 e. The van der Waals surface area contributed by atoms with Crippen LogP contribution in [0.3, 0.4) is 0 Å². The van der Waals surface area contributed by atoms with Gasteiger partial charge in [-0.2, -0.15) is 0 Å². The molecule has 2 heterocycles. The number of carbonyl (C=O) groups excluding carboxylic acids is 2. The summed E-state index contributed by atoms with van der Waals surface area (Å²) in [7, 11) is 0. The maximum absolute atomic E-state index is 12.4. The van der Waals surface area contributed by atoms with Crippen molar-refractivity contribution >= 4 is 39.3 Å². The fraction of sp³-hybridized carbons (Fsp3) is 0.200. The fourth-order valence-electron chi connectivity index (χ4n) is 2.27. The van der Waals surface area contributed by atoms with E-state index in [2.05, 4.69) is 21.2 Å². The van der Waals surface area contributed by atoms with Crippen molar-refractivity contribution in [3.05, 3.63) is 45.6 Å². The van der Waals surface area contributed by atoms with Crippen molar-refractivity contribution < 1.29 is 14.0 Å². The highest BCUT2D eigenvalue weighted by atomic mass is 79.9. The van der Waals surface area contributed by atoms with Crippen LogP contribution in [0.1, 0.15) is 10.6 Å². The molecule has 0 aliphatic carbocycles. The molecule has 0 spiro atoms. The van der Waals surface area contributed by atoms with Crippen LogP contribution in [0.15, 0.2) is 39.2 Å². The second-order valence-corrected chi connectivity index (χ2v) is 6.17. The Kier molecular flexibility index (Phi) is 4.22. The normalized spacial score (nSPS) is 14.8. The van der Waals surface area contributed by atoms with Crippen LogP contribution in [0.5, 0.6) is 0 Å². The topological polar surface area (TPSA) is 62.6 Å². The molecule has 22 heavy (non-hydrogen) atoms. The van der Waals surface area contributed by atoms with E-state index in [9.17, 15) is 9.59 Å². The molecule has 114 valence electrons. The van der Waals surface area contributed by atoms with Crippen molar-refractivity contribution in [2.45, 2.75) is 0 Å². The van der Waals surface area contributed by atoms with Crippen molar-refractivity contribution in [2.75, 3.05) is 19.6 Å². The molecule has 1 aliphatic heterocycles. The molecule has 0 saturated carbocycles. The molecule has 1 aliphatic rings. The van der Waals surface area contributed by atoms with Gasteiger partial charge in [0.1, 0.15) is 12.3 Å². The van der Waals surface area contributed by atoms with E-state index in [1.165, 1.54) is 4.90 Å². The number of hydrogen-bond donors (Lipinski definition) is 1. The van der Waals surface area contributed by atoms with E-state index in [4.69, 9.17) is 16.0 Å². The summed E-state index contributed by atoms with van der Waals surface area (Å²) in [5.74, 6) is 0.257. The Labute approximate surface area is 140 Å². The highest BCUT2D eigenvalue weighted by Gasteiger charge is 2.26. The molecule has 1 aromatic heterocycles. The van der Waals surface area contributed by atoms with Gasteiger partial charge in [-0.3, -0.25) is 9.59 Å². The number of benzene rings is 1. The monoisotopic (exact) mass is 382 g/mol. The summed E-state index contributed by atoms with van der Waals surface area (Å²) in [4.78, 5) is 25.3. The average Bonchev–Trinajstić information content (AvgIpc) is 2.88. The number of amides is 2. The lowest BCUT2D eigenvalue weighted by atomic mass is 10.2. The minimum Gasteiger partial charge on any atom is -0.450 e. The van der Waals surface area contributed by atoms with E-state index in [0.29, 0.717) is 28.3 Å². The Bertz CT molecular complexity index is 744. The minimum absolute atomic E-state index is 0.0453. The van der Waals surface area contributed by atoms with Gasteiger partial charge in [0.05, 0.1) is 4.47 Å². The second kappa shape index (κ2) is 6.14. The van der Waals surface area contributed by atoms with Crippen LogP contribution in [0.4, 0.5) is 0 Å². The van der Waals surface area contributed by atoms with Gasteiger partial charge in [-0.15, -0.1) is 0 Å². The molecule has 1 fully saturated rings. The summed E-state index contributed by atoms with van der Waals surface area (Å²) < 4.78 is 6.34. The number of nitrogens with zero attached hydrogens (tertiary/aromatic N) is 1. The molecular formula is C15H12BrClN2O3. The highest BCUT2D eigenvalue weighted by Crippen LogP contribution is 2.33. The van der Waals surface area contributed by atoms with E-state index in [0.717, 1.165) is 5.56 Å². The van der Waals surface area contributed by atoms with Crippen molar-refractivity contribution in [1.82, 2.24) is 10.2 Å². The first-order valence-electron chi connectivity index (χ1n) is 6.66. The number of carbonyl (C=O) groups is 2. The second-order valence-electron chi connectivity index (χ2n) is 4.87. The molecule has 1 N–H and O–H groups in total. The SMILES string of the molecule is O=C1CN(C(=O)c2cc(Br)c(-c3cccc(Cl)c3)o2)CCN1. The molecule has 2 aromatic rings. The number of piperazine rings is 1. The maximum atomic E-state index is 12.4. The number of nitrogens with one attached hydrogen (secondary N) is 1. The third-order valence-corrected chi connectivity index (χ3v) is 4.13. The van der Waals surface area contributed by atoms with Crippen molar-refractivity contribution in [3.63, 3.8) is 0 Å². The van der Waals surface area contributed by atoms with Gasteiger partial charge in [0.25, 0.3) is 5.91 Å². The molecule has 0 bridgehead atoms. The van der Waals surface area contributed by atoms with E-state index in [1.54, 1.807) is 18.2 Å². The van der Waals surface area contributed by atoms with Crippen LogP contribution in [0.2, 0.25) is 5.02 Å². The Morgan fingerprint density at radius 3 is 2.91 bits per heavy atom. The van der Waals surface area contributed by atoms with Crippen LogP contribution >= 0.6 is 27.5 Å². The molecule has 3 rings (SSSR count). The van der Waals surface area contributed by atoms with Crippen LogP contribution in [-0.2, 0) is 4.79 Å². The van der Waals surface area contributed by atoms with Gasteiger partial charge < -0.3 is 14.6 Å². The molecule has 7 heteroatoms. The van der Waals surface area contributed by atoms with Gasteiger partial charge in [0.15, 0.2) is 5.76 Å². The fourth-order valence-corrected chi connectivity index (χ4v) is 2.98. The predicted octanol–water partition coefficient (Wildman–Crippen LogP) is 2.93. The van der Waals surface area contributed by atoms with Crippen LogP contribution in [0.25, 0.3) is 11.3 Å². The summed E-state index contributed by atoms with van der Waals surface area (Å²) in [5, 5.41) is 3.26. The first kappa shape index (κ1) is 15.1. The summed E-state index contributed by atoms with van der Waals surface area (Å²) in [5.41, 5.74) is 0.773. The highest BCUT2D eigenvalue weighted by molar-refractivity contribution is 9.10. The van der Waals surface area contributed by atoms with E-state index in [-0.39, 0.29) is 24.1 Å². The van der Waals surface area contributed by atoms with Crippen LogP contribution < -0.4 is 5.32 Å². The molecule has 5 nitrogen and oxygen atoms in total. The molecular weight excluding hydrogens is 372 g/mol. The Morgan fingerprint density at radius 1 is 1.36 bits per heavy atom. The summed E-state index contributed by atoms with van der Waals surface area (Å²) in [6.45, 7) is 0.965. The summed E-state index contributed by atoms with van der Waals surface area (Å²) in [6, 6.07) is 8.79. The smallest absolute Gasteiger partial charge is 0.290 e. The lowest BCUT2D eigenvalue weighted by molar-refractivity contribution is -0.123. The Balaban J connectivity index is 1.88. The number of hydrogen-bond acceptors (Lipinski definition) is 3. The van der Waals surface area contributed by atoms with E-state index >= 15 is 0 Å². The zero-order valence-electron chi connectivity index (χ0n) is 11.4. The van der Waals surface area contributed by atoms with Crippen LogP contribution in [-0.4, -0.2) is 36.3 Å². The zero-order chi connectivity index (χ0) is 15.7. The van der Waals surface area contributed by atoms with Crippen molar-refractivity contribution in [3.8, 4) is 11.3 Å². The zero-order valence-corrected chi connectivity index (χ0v) is 13.8. The molecule has 2 amide bonds. The lowest BCUT2D eigenvalue weighted by Crippen LogP contribution is -2.49. The third kappa shape index (κ3) is 3.03. The van der Waals surface area contributed by atoms with Crippen molar-refractivity contribution in [1.29, 1.82) is 0 Å². The van der Waals surface area contributed by atoms with E-state index < -0.39 is 0 Å². The summed E-state index contributed by atoms with van der Waals surface area (Å²) >= 11 is 9.37. The summed E-state index contributed by atoms with van der Waals surface area (Å²) in [6.07, 6.45) is 0. The molecule has 0 unspecified atom stereocenters. The third-order valence-electron chi connectivity index (χ3n) is 3.31. The van der Waals surface area contributed by atoms with Gasteiger partial charge in [0, 0.05) is 29.7 Å². The Morgan fingerprint density at radius 2 is 2.18 bits per heavy atom. The average molecular weight is 384 g/mol. The molecule has 0 atom stereocenters. The van der Waals surface area contributed by atoms with Gasteiger partial charge in [-0.05, 0) is 28.1 Å². The number of furan rings is 1. The standard InChI is InChI=1S/C15H12BrClN2O3/c16-11-7-12(15(21)19-5-4-18-13(20)8-19)22-14(11)9-2-1-3-10(17)6-9/h1-3,6-7H,4-5,8H2,(H,18,20). The van der Waals surface area contributed by atoms with Crippen molar-refractivity contribution in [2.24, 2.45) is 0 Å². The quantitative estimate of drug-likeness (QED) is 0.867. The van der Waals surface area contributed by atoms with Crippen LogP contribution in [0, 0.1) is 0 Å². The maximum Gasteiger partial charge on any atom is 0.290 e. The Hall–Kier alpha value is -1.79. The predicted molar refractivity (Wildman–Crippen MR) is 85.8 cm³/mol. The van der Waals surface area contributed by atoms with Gasteiger partial charge in [0.2, 0.25) is 5.91 Å². The molecule has 1 aromatic carbocycles. The first-order chi connectivity index (χ1) is 10.5. The lowest BCUT2D eigenvalue weighted by Gasteiger charge is -2.25. The minimum atomic E-state index is -0.302. The number of rotatable bonds is 2. The molecule has 0 radical (unpaired) electrons.